The van der Waals surface area contributed by atoms with E-state index in [0.29, 0.717) is 29.1 Å². The Morgan fingerprint density at radius 3 is 2.76 bits per heavy atom. The quantitative estimate of drug-likeness (QED) is 0.306. The number of primary amides is 1. The second-order valence-electron chi connectivity index (χ2n) is 9.00. The van der Waals surface area contributed by atoms with Gasteiger partial charge >= 0.3 is 0 Å². The number of nitrogens with two attached hydrogens (primary N) is 1. The third kappa shape index (κ3) is 4.77. The highest BCUT2D eigenvalue weighted by Gasteiger charge is 2.31. The van der Waals surface area contributed by atoms with Gasteiger partial charge in [0, 0.05) is 17.4 Å². The standard InChI is InChI=1S/C26H23F2N7OS/c1-26(2,24(29)36)19-7-6-16(27)13-18(19)17-5-3-4-15-12-21(37-23(15)17)22-20(28)14-31-25(33-22)30-8-10-35-11-9-32-34-35/h3-7,9,11-14H,8,10H2,1-2H3,(H2,29,36)(H,30,31,33). The van der Waals surface area contributed by atoms with Crippen LogP contribution in [0.25, 0.3) is 31.8 Å². The number of amides is 1. The first kappa shape index (κ1) is 24.4. The van der Waals surface area contributed by atoms with E-state index in [1.807, 2.05) is 24.3 Å². The summed E-state index contributed by atoms with van der Waals surface area (Å²) in [5, 5.41) is 11.6. The minimum absolute atomic E-state index is 0.155. The lowest BCUT2D eigenvalue weighted by molar-refractivity contribution is -0.122. The van der Waals surface area contributed by atoms with E-state index < -0.39 is 23.0 Å². The number of nitrogens with zero attached hydrogens (tertiary/aromatic N) is 5. The molecule has 0 atom stereocenters. The Kier molecular flexibility index (Phi) is 6.38. The largest absolute Gasteiger partial charge is 0.369 e. The van der Waals surface area contributed by atoms with Gasteiger partial charge in [0.2, 0.25) is 11.9 Å². The molecule has 5 rings (SSSR count). The topological polar surface area (TPSA) is 112 Å². The number of hydrogen-bond acceptors (Lipinski definition) is 7. The average Bonchev–Trinajstić information content (AvgIpc) is 3.54. The van der Waals surface area contributed by atoms with Gasteiger partial charge < -0.3 is 11.1 Å². The lowest BCUT2D eigenvalue weighted by Gasteiger charge is -2.24. The van der Waals surface area contributed by atoms with Gasteiger partial charge in [-0.3, -0.25) is 9.48 Å². The molecular weight excluding hydrogens is 496 g/mol. The predicted octanol–water partition coefficient (Wildman–Crippen LogP) is 4.77. The maximum atomic E-state index is 14.8. The van der Waals surface area contributed by atoms with E-state index >= 15 is 0 Å². The van der Waals surface area contributed by atoms with Crippen LogP contribution in [-0.4, -0.2) is 37.4 Å². The first-order valence-corrected chi connectivity index (χ1v) is 12.3. The van der Waals surface area contributed by atoms with Crippen LogP contribution in [0.5, 0.6) is 0 Å². The third-order valence-electron chi connectivity index (χ3n) is 6.18. The van der Waals surface area contributed by atoms with E-state index in [-0.39, 0.29) is 11.6 Å². The summed E-state index contributed by atoms with van der Waals surface area (Å²) in [6, 6.07) is 11.7. The fourth-order valence-electron chi connectivity index (χ4n) is 4.07. The number of anilines is 1. The highest BCUT2D eigenvalue weighted by Crippen LogP contribution is 2.42. The van der Waals surface area contributed by atoms with E-state index in [2.05, 4.69) is 25.6 Å². The zero-order valence-electron chi connectivity index (χ0n) is 20.1. The van der Waals surface area contributed by atoms with Crippen LogP contribution in [0.4, 0.5) is 14.7 Å². The molecule has 5 aromatic rings. The number of aromatic nitrogens is 5. The van der Waals surface area contributed by atoms with Gasteiger partial charge in [0.1, 0.15) is 11.5 Å². The van der Waals surface area contributed by atoms with Gasteiger partial charge in [-0.15, -0.1) is 16.4 Å². The molecule has 11 heteroatoms. The second kappa shape index (κ2) is 9.66. The van der Waals surface area contributed by atoms with Gasteiger partial charge in [0.25, 0.3) is 0 Å². The fraction of sp³-hybridized carbons (Fsp3) is 0.192. The molecule has 0 bridgehead atoms. The smallest absolute Gasteiger partial charge is 0.227 e. The number of hydrogen-bond donors (Lipinski definition) is 2. The SMILES string of the molecule is CC(C)(C(N)=O)c1ccc(F)cc1-c1cccc2cc(-c3nc(NCCn4ccnn4)ncc3F)sc12. The minimum Gasteiger partial charge on any atom is -0.369 e. The van der Waals surface area contributed by atoms with Crippen molar-refractivity contribution in [3.63, 3.8) is 0 Å². The van der Waals surface area contributed by atoms with Crippen molar-refractivity contribution in [2.75, 3.05) is 11.9 Å². The molecule has 8 nitrogen and oxygen atoms in total. The summed E-state index contributed by atoms with van der Waals surface area (Å²) in [5.74, 6) is -1.23. The van der Waals surface area contributed by atoms with Crippen molar-refractivity contribution in [3.8, 4) is 21.7 Å². The van der Waals surface area contributed by atoms with Crippen LogP contribution >= 0.6 is 11.3 Å². The molecule has 3 N–H and O–H groups in total. The van der Waals surface area contributed by atoms with Crippen LogP contribution < -0.4 is 11.1 Å². The molecule has 0 unspecified atom stereocenters. The Labute approximate surface area is 215 Å². The lowest BCUT2D eigenvalue weighted by Crippen LogP contribution is -2.36. The third-order valence-corrected chi connectivity index (χ3v) is 7.37. The number of thiophene rings is 1. The van der Waals surface area contributed by atoms with Crippen molar-refractivity contribution in [1.82, 2.24) is 25.0 Å². The fourth-order valence-corrected chi connectivity index (χ4v) is 5.25. The molecule has 3 aromatic heterocycles. The first-order chi connectivity index (χ1) is 17.7. The maximum absolute atomic E-state index is 14.8. The summed E-state index contributed by atoms with van der Waals surface area (Å²) in [6.45, 7) is 4.43. The van der Waals surface area contributed by atoms with Gasteiger partial charge in [-0.1, -0.05) is 29.5 Å². The van der Waals surface area contributed by atoms with Gasteiger partial charge in [-0.2, -0.15) is 0 Å². The van der Waals surface area contributed by atoms with Crippen LogP contribution in [0.15, 0.2) is 61.1 Å². The molecule has 0 aliphatic rings. The maximum Gasteiger partial charge on any atom is 0.227 e. The molecule has 0 spiro atoms. The summed E-state index contributed by atoms with van der Waals surface area (Å²) < 4.78 is 31.7. The monoisotopic (exact) mass is 519 g/mol. The molecular formula is C26H23F2N7OS. The first-order valence-electron chi connectivity index (χ1n) is 11.5. The van der Waals surface area contributed by atoms with Crippen LogP contribution in [0.2, 0.25) is 0 Å². The van der Waals surface area contributed by atoms with Crippen LogP contribution in [-0.2, 0) is 16.8 Å². The zero-order chi connectivity index (χ0) is 26.2. The molecule has 0 fully saturated rings. The zero-order valence-corrected chi connectivity index (χ0v) is 20.9. The minimum atomic E-state index is -1.03. The summed E-state index contributed by atoms with van der Waals surface area (Å²) in [4.78, 5) is 21.3. The normalized spacial score (nSPS) is 11.7. The lowest BCUT2D eigenvalue weighted by atomic mass is 9.79. The van der Waals surface area contributed by atoms with Gasteiger partial charge in [0.05, 0.1) is 29.2 Å². The van der Waals surface area contributed by atoms with Crippen LogP contribution in [0, 0.1) is 11.6 Å². The molecule has 1 amide bonds. The molecule has 0 saturated carbocycles. The van der Waals surface area contributed by atoms with Gasteiger partial charge in [0.15, 0.2) is 5.82 Å². The van der Waals surface area contributed by atoms with E-state index in [9.17, 15) is 13.6 Å². The summed E-state index contributed by atoms with van der Waals surface area (Å²) in [5.41, 5.74) is 6.68. The van der Waals surface area contributed by atoms with Crippen molar-refractivity contribution < 1.29 is 13.6 Å². The Morgan fingerprint density at radius 2 is 2.00 bits per heavy atom. The van der Waals surface area contributed by atoms with E-state index in [0.717, 1.165) is 21.8 Å². The molecule has 0 aliphatic heterocycles. The summed E-state index contributed by atoms with van der Waals surface area (Å²) in [6.07, 6.45) is 4.46. The molecule has 188 valence electrons. The number of halogens is 2. The number of nitrogens with one attached hydrogen (secondary N) is 1. The number of benzene rings is 2. The Balaban J connectivity index is 1.54. The molecule has 37 heavy (non-hydrogen) atoms. The Hall–Kier alpha value is -4.25. The van der Waals surface area contributed by atoms with Crippen molar-refractivity contribution in [2.45, 2.75) is 25.8 Å². The predicted molar refractivity (Wildman–Crippen MR) is 139 cm³/mol. The summed E-state index contributed by atoms with van der Waals surface area (Å²) >= 11 is 1.33. The van der Waals surface area contributed by atoms with E-state index in [4.69, 9.17) is 5.73 Å². The average molecular weight is 520 g/mol. The number of carbonyl (C=O) groups is 1. The highest BCUT2D eigenvalue weighted by atomic mass is 32.1. The second-order valence-corrected chi connectivity index (χ2v) is 10.0. The molecule has 0 saturated heterocycles. The Bertz CT molecular complexity index is 1600. The summed E-state index contributed by atoms with van der Waals surface area (Å²) in [7, 11) is 0. The van der Waals surface area contributed by atoms with Crippen molar-refractivity contribution >= 4 is 33.3 Å². The van der Waals surface area contributed by atoms with Gasteiger partial charge in [-0.25, -0.2) is 18.7 Å². The van der Waals surface area contributed by atoms with Crippen molar-refractivity contribution in [1.29, 1.82) is 0 Å². The van der Waals surface area contributed by atoms with E-state index in [1.54, 1.807) is 37.0 Å². The van der Waals surface area contributed by atoms with Crippen molar-refractivity contribution in [2.24, 2.45) is 5.73 Å². The number of carbonyl (C=O) groups excluding carboxylic acids is 1. The van der Waals surface area contributed by atoms with Crippen molar-refractivity contribution in [3.05, 3.63) is 78.3 Å². The number of rotatable bonds is 8. The van der Waals surface area contributed by atoms with Gasteiger partial charge in [-0.05, 0) is 54.1 Å². The molecule has 0 aliphatic carbocycles. The molecule has 0 radical (unpaired) electrons. The van der Waals surface area contributed by atoms with E-state index in [1.165, 1.54) is 23.5 Å². The molecule has 2 aromatic carbocycles. The van der Waals surface area contributed by atoms with Crippen LogP contribution in [0.1, 0.15) is 19.4 Å². The van der Waals surface area contributed by atoms with Crippen LogP contribution in [0.3, 0.4) is 0 Å². The Morgan fingerprint density at radius 1 is 1.16 bits per heavy atom. The highest BCUT2D eigenvalue weighted by molar-refractivity contribution is 7.22. The molecule has 3 heterocycles. The number of fused-ring (bicyclic) bond motifs is 1.